The smallest absolute Gasteiger partial charge is 0.371 e. The molecule has 0 spiro atoms. The van der Waals surface area contributed by atoms with Crippen molar-refractivity contribution in [1.82, 2.24) is 9.80 Å². The van der Waals surface area contributed by atoms with E-state index in [-0.39, 0.29) is 12.4 Å². The number of hydrogen-bond acceptors (Lipinski definition) is 6. The van der Waals surface area contributed by atoms with E-state index in [1.807, 2.05) is 18.2 Å². The highest BCUT2D eigenvalue weighted by Crippen LogP contribution is 2.29. The van der Waals surface area contributed by atoms with Gasteiger partial charge in [-0.1, -0.05) is 6.07 Å². The molecule has 146 valence electrons. The third-order valence-electron chi connectivity index (χ3n) is 4.69. The van der Waals surface area contributed by atoms with Crippen LogP contribution >= 0.6 is 0 Å². The molecular formula is C20H26N2O5. The molecule has 1 aliphatic heterocycles. The quantitative estimate of drug-likeness (QED) is 0.798. The standard InChI is InChI=1S/C20H26N2O5/c1-21-8-3-9-22(11-10-21)13-15-4-6-17(19(12-15)25-2)26-14-16-5-7-18(27-16)20(23)24/h4-7,12H,3,8-11,13-14H2,1-2H3,(H,23,24). The van der Waals surface area contributed by atoms with Crippen molar-refractivity contribution in [3.63, 3.8) is 0 Å². The van der Waals surface area contributed by atoms with Gasteiger partial charge >= 0.3 is 5.97 Å². The molecule has 0 atom stereocenters. The van der Waals surface area contributed by atoms with Crippen molar-refractivity contribution in [2.75, 3.05) is 40.3 Å². The lowest BCUT2D eigenvalue weighted by Crippen LogP contribution is -2.28. The van der Waals surface area contributed by atoms with E-state index < -0.39 is 5.97 Å². The minimum Gasteiger partial charge on any atom is -0.493 e. The number of likely N-dealkylation sites (N-methyl/N-ethyl adjacent to an activating group) is 1. The molecule has 1 saturated heterocycles. The number of carboxylic acid groups (broad SMARTS) is 1. The molecule has 7 nitrogen and oxygen atoms in total. The number of furan rings is 1. The molecule has 1 fully saturated rings. The summed E-state index contributed by atoms with van der Waals surface area (Å²) in [5.41, 5.74) is 1.18. The van der Waals surface area contributed by atoms with Crippen LogP contribution in [-0.2, 0) is 13.2 Å². The molecule has 0 aliphatic carbocycles. The van der Waals surface area contributed by atoms with Crippen LogP contribution in [0.2, 0.25) is 0 Å². The second-order valence-corrected chi connectivity index (χ2v) is 6.78. The molecular weight excluding hydrogens is 348 g/mol. The van der Waals surface area contributed by atoms with Crippen molar-refractivity contribution in [3.05, 3.63) is 47.4 Å². The van der Waals surface area contributed by atoms with E-state index in [0.29, 0.717) is 17.3 Å². The van der Waals surface area contributed by atoms with Crippen molar-refractivity contribution in [1.29, 1.82) is 0 Å². The van der Waals surface area contributed by atoms with Gasteiger partial charge in [-0.3, -0.25) is 4.90 Å². The van der Waals surface area contributed by atoms with Crippen molar-refractivity contribution >= 4 is 5.97 Å². The zero-order chi connectivity index (χ0) is 19.2. The number of carboxylic acids is 1. The van der Waals surface area contributed by atoms with Gasteiger partial charge in [-0.25, -0.2) is 4.79 Å². The van der Waals surface area contributed by atoms with E-state index >= 15 is 0 Å². The first-order valence-electron chi connectivity index (χ1n) is 9.08. The summed E-state index contributed by atoms with van der Waals surface area (Å²) in [7, 11) is 3.78. The molecule has 1 aromatic heterocycles. The first-order chi connectivity index (χ1) is 13.0. The summed E-state index contributed by atoms with van der Waals surface area (Å²) in [6.45, 7) is 5.39. The second kappa shape index (κ2) is 8.92. The molecule has 1 aromatic carbocycles. The molecule has 0 saturated carbocycles. The Morgan fingerprint density at radius 3 is 2.74 bits per heavy atom. The Morgan fingerprint density at radius 2 is 2.00 bits per heavy atom. The Bertz CT molecular complexity index is 773. The van der Waals surface area contributed by atoms with Gasteiger partial charge < -0.3 is 23.9 Å². The van der Waals surface area contributed by atoms with Crippen molar-refractivity contribution in [3.8, 4) is 11.5 Å². The van der Waals surface area contributed by atoms with Crippen LogP contribution in [0.25, 0.3) is 0 Å². The molecule has 7 heteroatoms. The van der Waals surface area contributed by atoms with E-state index in [1.165, 1.54) is 18.1 Å². The summed E-state index contributed by atoms with van der Waals surface area (Å²) < 4.78 is 16.4. The van der Waals surface area contributed by atoms with E-state index in [0.717, 1.165) is 32.7 Å². The highest BCUT2D eigenvalue weighted by Gasteiger charge is 2.14. The van der Waals surface area contributed by atoms with Crippen LogP contribution in [0, 0.1) is 0 Å². The minimum atomic E-state index is -1.09. The fraction of sp³-hybridized carbons (Fsp3) is 0.450. The number of nitrogens with zero attached hydrogens (tertiary/aromatic N) is 2. The Balaban J connectivity index is 1.62. The lowest BCUT2D eigenvalue weighted by Gasteiger charge is -2.21. The third-order valence-corrected chi connectivity index (χ3v) is 4.69. The SMILES string of the molecule is COc1cc(CN2CCCN(C)CC2)ccc1OCc1ccc(C(=O)O)o1. The molecule has 0 radical (unpaired) electrons. The minimum absolute atomic E-state index is 0.0981. The third kappa shape index (κ3) is 5.24. The lowest BCUT2D eigenvalue weighted by molar-refractivity contribution is 0.0658. The van der Waals surface area contributed by atoms with Gasteiger partial charge in [0.25, 0.3) is 0 Å². The number of methoxy groups -OCH3 is 1. The first kappa shape index (κ1) is 19.3. The number of carbonyl (C=O) groups is 1. The molecule has 3 rings (SSSR count). The fourth-order valence-corrected chi connectivity index (χ4v) is 3.17. The largest absolute Gasteiger partial charge is 0.493 e. The normalized spacial score (nSPS) is 16.1. The highest BCUT2D eigenvalue weighted by atomic mass is 16.5. The number of benzene rings is 1. The van der Waals surface area contributed by atoms with Crippen LogP contribution in [0.5, 0.6) is 11.5 Å². The number of aromatic carboxylic acids is 1. The summed E-state index contributed by atoms with van der Waals surface area (Å²) >= 11 is 0. The van der Waals surface area contributed by atoms with Crippen LogP contribution in [0.3, 0.4) is 0 Å². The summed E-state index contributed by atoms with van der Waals surface area (Å²) in [6.07, 6.45) is 1.18. The number of ether oxygens (including phenoxy) is 2. The zero-order valence-corrected chi connectivity index (χ0v) is 15.8. The van der Waals surface area contributed by atoms with Gasteiger partial charge in [0.1, 0.15) is 12.4 Å². The lowest BCUT2D eigenvalue weighted by atomic mass is 10.2. The van der Waals surface area contributed by atoms with E-state index in [2.05, 4.69) is 16.8 Å². The van der Waals surface area contributed by atoms with E-state index in [4.69, 9.17) is 19.0 Å². The van der Waals surface area contributed by atoms with Crippen molar-refractivity contribution in [2.24, 2.45) is 0 Å². The maximum Gasteiger partial charge on any atom is 0.371 e. The molecule has 0 unspecified atom stereocenters. The molecule has 0 bridgehead atoms. The van der Waals surface area contributed by atoms with Crippen LogP contribution in [0.1, 0.15) is 28.3 Å². The maximum atomic E-state index is 10.9. The van der Waals surface area contributed by atoms with E-state index in [1.54, 1.807) is 13.2 Å². The van der Waals surface area contributed by atoms with Gasteiger partial charge in [0.2, 0.25) is 5.76 Å². The molecule has 1 aliphatic rings. The molecule has 1 N–H and O–H groups in total. The summed E-state index contributed by atoms with van der Waals surface area (Å²) in [6, 6.07) is 8.94. The summed E-state index contributed by atoms with van der Waals surface area (Å²) in [5, 5.41) is 8.90. The fourth-order valence-electron chi connectivity index (χ4n) is 3.17. The Hall–Kier alpha value is -2.51. The monoisotopic (exact) mass is 374 g/mol. The van der Waals surface area contributed by atoms with Crippen LogP contribution in [0.4, 0.5) is 0 Å². The van der Waals surface area contributed by atoms with Gasteiger partial charge in [0.05, 0.1) is 7.11 Å². The molecule has 2 aromatic rings. The maximum absolute atomic E-state index is 10.9. The predicted octanol–water partition coefficient (Wildman–Crippen LogP) is 2.70. The van der Waals surface area contributed by atoms with Gasteiger partial charge in [0.15, 0.2) is 11.5 Å². The highest BCUT2D eigenvalue weighted by molar-refractivity contribution is 5.84. The van der Waals surface area contributed by atoms with Crippen molar-refractivity contribution < 1.29 is 23.8 Å². The van der Waals surface area contributed by atoms with Gasteiger partial charge in [0, 0.05) is 19.6 Å². The molecule has 0 amide bonds. The number of rotatable bonds is 7. The molecule has 2 heterocycles. The van der Waals surface area contributed by atoms with Crippen LogP contribution in [-0.4, -0.2) is 61.2 Å². The average Bonchev–Trinajstić information content (AvgIpc) is 3.05. The Labute approximate surface area is 159 Å². The Morgan fingerprint density at radius 1 is 1.15 bits per heavy atom. The van der Waals surface area contributed by atoms with Gasteiger partial charge in [-0.05, 0) is 56.4 Å². The topological polar surface area (TPSA) is 75.4 Å². The van der Waals surface area contributed by atoms with Crippen LogP contribution < -0.4 is 9.47 Å². The van der Waals surface area contributed by atoms with Crippen LogP contribution in [0.15, 0.2) is 34.7 Å². The summed E-state index contributed by atoms with van der Waals surface area (Å²) in [5.74, 6) is 0.517. The van der Waals surface area contributed by atoms with Crippen molar-refractivity contribution in [2.45, 2.75) is 19.6 Å². The van der Waals surface area contributed by atoms with Gasteiger partial charge in [-0.2, -0.15) is 0 Å². The predicted molar refractivity (Wildman–Crippen MR) is 100 cm³/mol. The average molecular weight is 374 g/mol. The van der Waals surface area contributed by atoms with E-state index in [9.17, 15) is 4.79 Å². The molecule has 27 heavy (non-hydrogen) atoms. The Kier molecular flexibility index (Phi) is 6.36. The first-order valence-corrected chi connectivity index (χ1v) is 9.08. The number of hydrogen-bond donors (Lipinski definition) is 1. The summed E-state index contributed by atoms with van der Waals surface area (Å²) in [4.78, 5) is 15.7. The second-order valence-electron chi connectivity index (χ2n) is 6.78. The zero-order valence-electron chi connectivity index (χ0n) is 15.8. The van der Waals surface area contributed by atoms with Gasteiger partial charge in [-0.15, -0.1) is 0 Å².